The van der Waals surface area contributed by atoms with Gasteiger partial charge in [-0.3, -0.25) is 4.98 Å². The van der Waals surface area contributed by atoms with Crippen molar-refractivity contribution in [3.8, 4) is 11.3 Å². The van der Waals surface area contributed by atoms with E-state index in [1.165, 1.54) is 26.7 Å². The van der Waals surface area contributed by atoms with Gasteiger partial charge in [0.2, 0.25) is 0 Å². The summed E-state index contributed by atoms with van der Waals surface area (Å²) >= 11 is 0. The highest BCUT2D eigenvalue weighted by atomic mass is 28.3. The third-order valence-electron chi connectivity index (χ3n) is 4.59. The molecular weight excluding hydrogens is 322 g/mol. The lowest BCUT2D eigenvalue weighted by Crippen LogP contribution is -2.38. The predicted octanol–water partition coefficient (Wildman–Crippen LogP) is 4.99. The van der Waals surface area contributed by atoms with E-state index in [2.05, 4.69) is 87.8 Å². The third kappa shape index (κ3) is 3.37. The van der Waals surface area contributed by atoms with Gasteiger partial charge in [-0.05, 0) is 29.0 Å². The standard InChI is InChI=1S/C21H27NSi2/c1-23(2,3)18-11-12-22-20(15-18)17-13-16-9-7-8-10-19(16)21(14-17)24(4,5)6/h7-15H,1-6H3. The summed E-state index contributed by atoms with van der Waals surface area (Å²) in [6.07, 6.45) is 1.98. The minimum absolute atomic E-state index is 1.11. The van der Waals surface area contributed by atoms with E-state index >= 15 is 0 Å². The van der Waals surface area contributed by atoms with E-state index in [0.717, 1.165) is 5.69 Å². The van der Waals surface area contributed by atoms with Crippen molar-refractivity contribution in [1.82, 2.24) is 4.98 Å². The van der Waals surface area contributed by atoms with Crippen molar-refractivity contribution in [2.75, 3.05) is 0 Å². The van der Waals surface area contributed by atoms with E-state index in [-0.39, 0.29) is 0 Å². The van der Waals surface area contributed by atoms with Crippen LogP contribution in [-0.4, -0.2) is 21.1 Å². The lowest BCUT2D eigenvalue weighted by atomic mass is 10.0. The number of nitrogens with zero attached hydrogens (tertiary/aromatic N) is 1. The number of aromatic nitrogens is 1. The van der Waals surface area contributed by atoms with Crippen LogP contribution in [0.15, 0.2) is 54.7 Å². The zero-order chi connectivity index (χ0) is 17.5. The molecule has 3 rings (SSSR count). The number of benzene rings is 2. The molecule has 0 aliphatic heterocycles. The molecule has 0 radical (unpaired) electrons. The molecule has 0 aliphatic carbocycles. The molecule has 0 fully saturated rings. The van der Waals surface area contributed by atoms with Gasteiger partial charge in [0.25, 0.3) is 0 Å². The zero-order valence-electron chi connectivity index (χ0n) is 15.6. The molecule has 0 bridgehead atoms. The van der Waals surface area contributed by atoms with E-state index < -0.39 is 16.1 Å². The number of pyridine rings is 1. The number of rotatable bonds is 3. The normalized spacial score (nSPS) is 12.6. The monoisotopic (exact) mass is 349 g/mol. The molecule has 1 nitrogen and oxygen atoms in total. The van der Waals surface area contributed by atoms with Crippen LogP contribution in [0.1, 0.15) is 0 Å². The lowest BCUT2D eigenvalue weighted by molar-refractivity contribution is 1.34. The number of hydrogen-bond acceptors (Lipinski definition) is 1. The molecule has 3 heteroatoms. The van der Waals surface area contributed by atoms with Gasteiger partial charge in [-0.15, -0.1) is 0 Å². The van der Waals surface area contributed by atoms with E-state index in [1.54, 1.807) is 0 Å². The first-order valence-corrected chi connectivity index (χ1v) is 15.7. The van der Waals surface area contributed by atoms with Gasteiger partial charge in [-0.1, -0.05) is 80.0 Å². The van der Waals surface area contributed by atoms with Crippen molar-refractivity contribution in [3.05, 3.63) is 54.7 Å². The summed E-state index contributed by atoms with van der Waals surface area (Å²) < 4.78 is 0. The summed E-state index contributed by atoms with van der Waals surface area (Å²) in [7, 11) is -2.76. The van der Waals surface area contributed by atoms with Gasteiger partial charge >= 0.3 is 0 Å². The van der Waals surface area contributed by atoms with Crippen LogP contribution in [0.25, 0.3) is 22.0 Å². The minimum Gasteiger partial charge on any atom is -0.256 e. The third-order valence-corrected chi connectivity index (χ3v) is 8.66. The Balaban J connectivity index is 2.25. The fourth-order valence-electron chi connectivity index (χ4n) is 3.13. The Kier molecular flexibility index (Phi) is 4.26. The van der Waals surface area contributed by atoms with Crippen molar-refractivity contribution in [2.45, 2.75) is 39.3 Å². The van der Waals surface area contributed by atoms with Crippen LogP contribution >= 0.6 is 0 Å². The van der Waals surface area contributed by atoms with Crippen LogP contribution in [0.2, 0.25) is 39.3 Å². The molecule has 3 aromatic rings. The second-order valence-corrected chi connectivity index (χ2v) is 18.8. The Labute approximate surface area is 147 Å². The summed E-state index contributed by atoms with van der Waals surface area (Å²) in [4.78, 5) is 4.69. The minimum atomic E-state index is -1.43. The van der Waals surface area contributed by atoms with Crippen molar-refractivity contribution in [1.29, 1.82) is 0 Å². The maximum absolute atomic E-state index is 4.69. The molecular formula is C21H27NSi2. The summed E-state index contributed by atoms with van der Waals surface area (Å²) in [6, 6.07) is 18.0. The van der Waals surface area contributed by atoms with Crippen molar-refractivity contribution < 1.29 is 0 Å². The van der Waals surface area contributed by atoms with Gasteiger partial charge < -0.3 is 0 Å². The van der Waals surface area contributed by atoms with E-state index in [1.807, 2.05) is 6.20 Å². The molecule has 1 aromatic heterocycles. The van der Waals surface area contributed by atoms with Gasteiger partial charge in [0.1, 0.15) is 0 Å². The summed E-state index contributed by atoms with van der Waals surface area (Å²) in [5.74, 6) is 0. The van der Waals surface area contributed by atoms with Crippen molar-refractivity contribution in [3.63, 3.8) is 0 Å². The highest BCUT2D eigenvalue weighted by Gasteiger charge is 2.21. The van der Waals surface area contributed by atoms with Crippen LogP contribution in [0.3, 0.4) is 0 Å². The molecule has 0 atom stereocenters. The maximum atomic E-state index is 4.69. The Bertz CT molecular complexity index is 886. The number of hydrogen-bond donors (Lipinski definition) is 0. The molecule has 0 saturated carbocycles. The number of fused-ring (bicyclic) bond motifs is 1. The van der Waals surface area contributed by atoms with Gasteiger partial charge in [-0.25, -0.2) is 0 Å². The highest BCUT2D eigenvalue weighted by molar-refractivity contribution is 6.90. The largest absolute Gasteiger partial charge is 0.256 e. The maximum Gasteiger partial charge on any atom is 0.0784 e. The Morgan fingerprint density at radius 2 is 1.46 bits per heavy atom. The molecule has 24 heavy (non-hydrogen) atoms. The van der Waals surface area contributed by atoms with E-state index in [0.29, 0.717) is 0 Å². The van der Waals surface area contributed by atoms with Gasteiger partial charge in [-0.2, -0.15) is 0 Å². The average molecular weight is 350 g/mol. The SMILES string of the molecule is C[Si](C)(C)c1ccnc(-c2cc([Si](C)(C)C)c3ccccc3c2)c1. The zero-order valence-corrected chi connectivity index (χ0v) is 17.6. The fraction of sp³-hybridized carbons (Fsp3) is 0.286. The fourth-order valence-corrected chi connectivity index (χ4v) is 5.90. The Hall–Kier alpha value is -1.72. The molecule has 0 saturated heterocycles. The van der Waals surface area contributed by atoms with Gasteiger partial charge in [0.05, 0.1) is 21.8 Å². The highest BCUT2D eigenvalue weighted by Crippen LogP contribution is 2.24. The molecule has 1 heterocycles. The summed E-state index contributed by atoms with van der Waals surface area (Å²) in [5.41, 5.74) is 2.37. The first-order valence-electron chi connectivity index (χ1n) is 8.66. The topological polar surface area (TPSA) is 12.9 Å². The Morgan fingerprint density at radius 1 is 0.750 bits per heavy atom. The molecule has 0 unspecified atom stereocenters. The molecule has 0 spiro atoms. The van der Waals surface area contributed by atoms with Crippen LogP contribution in [-0.2, 0) is 0 Å². The summed E-state index contributed by atoms with van der Waals surface area (Å²) in [6.45, 7) is 14.4. The molecule has 124 valence electrons. The predicted molar refractivity (Wildman–Crippen MR) is 113 cm³/mol. The van der Waals surface area contributed by atoms with Gasteiger partial charge in [0, 0.05) is 11.8 Å². The van der Waals surface area contributed by atoms with E-state index in [9.17, 15) is 0 Å². The van der Waals surface area contributed by atoms with Crippen LogP contribution < -0.4 is 10.4 Å². The Morgan fingerprint density at radius 3 is 2.12 bits per heavy atom. The molecule has 2 aromatic carbocycles. The molecule has 0 N–H and O–H groups in total. The molecule has 0 aliphatic rings. The average Bonchev–Trinajstić information content (AvgIpc) is 2.52. The second kappa shape index (κ2) is 5.97. The molecule has 0 amide bonds. The first kappa shape index (κ1) is 17.1. The van der Waals surface area contributed by atoms with Gasteiger partial charge in [0.15, 0.2) is 0 Å². The summed E-state index contributed by atoms with van der Waals surface area (Å²) in [5, 5.41) is 5.72. The van der Waals surface area contributed by atoms with Crippen LogP contribution in [0.4, 0.5) is 0 Å². The van der Waals surface area contributed by atoms with Crippen LogP contribution in [0, 0.1) is 0 Å². The van der Waals surface area contributed by atoms with Crippen LogP contribution in [0.5, 0.6) is 0 Å². The van der Waals surface area contributed by atoms with E-state index in [4.69, 9.17) is 4.98 Å². The first-order chi connectivity index (χ1) is 11.2. The quantitative estimate of drug-likeness (QED) is 0.607. The van der Waals surface area contributed by atoms with Crippen molar-refractivity contribution in [2.24, 2.45) is 0 Å². The smallest absolute Gasteiger partial charge is 0.0784 e. The lowest BCUT2D eigenvalue weighted by Gasteiger charge is -2.21. The second-order valence-electron chi connectivity index (χ2n) is 8.67. The van der Waals surface area contributed by atoms with Crippen molar-refractivity contribution >= 4 is 37.3 Å².